The molecule has 0 radical (unpaired) electrons. The van der Waals surface area contributed by atoms with E-state index in [0.29, 0.717) is 19.1 Å². The molecule has 0 atom stereocenters. The minimum atomic E-state index is 0.167. The summed E-state index contributed by atoms with van der Waals surface area (Å²) in [6.07, 6.45) is 2.36. The lowest BCUT2D eigenvalue weighted by molar-refractivity contribution is -0.151. The Morgan fingerprint density at radius 2 is 1.87 bits per heavy atom. The van der Waals surface area contributed by atoms with Gasteiger partial charge in [-0.15, -0.1) is 0 Å². The second-order valence-corrected chi connectivity index (χ2v) is 5.14. The summed E-state index contributed by atoms with van der Waals surface area (Å²) in [5.74, 6) is 2.06. The normalized spacial score (nSPS) is 24.3. The topological polar surface area (TPSA) is 29.5 Å². The zero-order valence-electron chi connectivity index (χ0n) is 9.74. The molecule has 2 saturated heterocycles. The molecule has 86 valence electrons. The summed E-state index contributed by atoms with van der Waals surface area (Å²) in [4.78, 5) is 13.9. The van der Waals surface area contributed by atoms with Crippen molar-refractivity contribution in [1.29, 1.82) is 0 Å². The molecular formula is C12H21NO2. The van der Waals surface area contributed by atoms with E-state index < -0.39 is 0 Å². The third kappa shape index (κ3) is 2.33. The van der Waals surface area contributed by atoms with E-state index in [1.54, 1.807) is 0 Å². The van der Waals surface area contributed by atoms with Crippen LogP contribution in [0.5, 0.6) is 0 Å². The fraction of sp³-hybridized carbons (Fsp3) is 0.917. The smallest absolute Gasteiger partial charge is 0.230 e. The fourth-order valence-corrected chi connectivity index (χ4v) is 2.42. The second kappa shape index (κ2) is 4.52. The van der Waals surface area contributed by atoms with E-state index in [1.165, 1.54) is 12.8 Å². The molecule has 0 aliphatic carbocycles. The molecule has 15 heavy (non-hydrogen) atoms. The van der Waals surface area contributed by atoms with Crippen LogP contribution in [-0.4, -0.2) is 37.1 Å². The second-order valence-electron chi connectivity index (χ2n) is 5.14. The summed E-state index contributed by atoms with van der Waals surface area (Å²) in [6, 6.07) is 0. The van der Waals surface area contributed by atoms with Gasteiger partial charge in [0.2, 0.25) is 5.91 Å². The quantitative estimate of drug-likeness (QED) is 0.693. The Morgan fingerprint density at radius 1 is 1.27 bits per heavy atom. The van der Waals surface area contributed by atoms with Crippen LogP contribution in [0.3, 0.4) is 0 Å². The number of amides is 1. The molecule has 0 spiro atoms. The number of likely N-dealkylation sites (tertiary alicyclic amines) is 1. The van der Waals surface area contributed by atoms with Gasteiger partial charge in [0.25, 0.3) is 0 Å². The van der Waals surface area contributed by atoms with E-state index in [4.69, 9.17) is 4.74 Å². The van der Waals surface area contributed by atoms with Gasteiger partial charge in [0, 0.05) is 13.1 Å². The van der Waals surface area contributed by atoms with Crippen LogP contribution in [0.25, 0.3) is 0 Å². The molecule has 0 unspecified atom stereocenters. The van der Waals surface area contributed by atoms with E-state index in [2.05, 4.69) is 13.8 Å². The third-order valence-electron chi connectivity index (χ3n) is 3.78. The molecule has 2 aliphatic heterocycles. The summed E-state index contributed by atoms with van der Waals surface area (Å²) in [7, 11) is 0. The van der Waals surface area contributed by atoms with E-state index in [0.717, 1.165) is 24.9 Å². The maximum absolute atomic E-state index is 11.9. The lowest BCUT2D eigenvalue weighted by atomic mass is 9.86. The SMILES string of the molecule is CC(C)C1CCN(C(=O)C2COC2)CC1. The van der Waals surface area contributed by atoms with Gasteiger partial charge in [0.1, 0.15) is 0 Å². The van der Waals surface area contributed by atoms with Crippen molar-refractivity contribution in [2.75, 3.05) is 26.3 Å². The minimum Gasteiger partial charge on any atom is -0.380 e. The molecule has 2 aliphatic rings. The van der Waals surface area contributed by atoms with Crippen LogP contribution < -0.4 is 0 Å². The third-order valence-corrected chi connectivity index (χ3v) is 3.78. The number of carbonyl (C=O) groups is 1. The summed E-state index contributed by atoms with van der Waals surface area (Å²) < 4.78 is 5.06. The Morgan fingerprint density at radius 3 is 2.27 bits per heavy atom. The first-order valence-electron chi connectivity index (χ1n) is 6.05. The lowest BCUT2D eigenvalue weighted by Gasteiger charge is -2.37. The first-order chi connectivity index (χ1) is 7.18. The Balaban J connectivity index is 1.79. The number of ether oxygens (including phenoxy) is 1. The average Bonchev–Trinajstić information content (AvgIpc) is 2.15. The van der Waals surface area contributed by atoms with Crippen LogP contribution in [0.1, 0.15) is 26.7 Å². The summed E-state index contributed by atoms with van der Waals surface area (Å²) >= 11 is 0. The maximum atomic E-state index is 11.9. The molecule has 3 nitrogen and oxygen atoms in total. The maximum Gasteiger partial charge on any atom is 0.230 e. The van der Waals surface area contributed by atoms with Gasteiger partial charge in [-0.1, -0.05) is 13.8 Å². The highest BCUT2D eigenvalue weighted by Crippen LogP contribution is 2.26. The molecule has 0 aromatic rings. The highest BCUT2D eigenvalue weighted by molar-refractivity contribution is 5.79. The van der Waals surface area contributed by atoms with Crippen molar-refractivity contribution in [1.82, 2.24) is 4.90 Å². The molecule has 1 amide bonds. The lowest BCUT2D eigenvalue weighted by Crippen LogP contribution is -2.48. The molecule has 0 bridgehead atoms. The van der Waals surface area contributed by atoms with Crippen molar-refractivity contribution in [3.63, 3.8) is 0 Å². The molecule has 0 saturated carbocycles. The molecule has 0 N–H and O–H groups in total. The first-order valence-corrected chi connectivity index (χ1v) is 6.05. The standard InChI is InChI=1S/C12H21NO2/c1-9(2)10-3-5-13(6-4-10)12(14)11-7-15-8-11/h9-11H,3-8H2,1-2H3. The number of nitrogens with zero attached hydrogens (tertiary/aromatic N) is 1. The van der Waals surface area contributed by atoms with Crippen molar-refractivity contribution in [3.8, 4) is 0 Å². The van der Waals surface area contributed by atoms with Crippen molar-refractivity contribution < 1.29 is 9.53 Å². The molecular weight excluding hydrogens is 190 g/mol. The van der Waals surface area contributed by atoms with Crippen LogP contribution in [0.2, 0.25) is 0 Å². The highest BCUT2D eigenvalue weighted by Gasteiger charge is 2.32. The van der Waals surface area contributed by atoms with Gasteiger partial charge in [-0.2, -0.15) is 0 Å². The number of piperidine rings is 1. The Hall–Kier alpha value is -0.570. The number of rotatable bonds is 2. The van der Waals surface area contributed by atoms with Crippen molar-refractivity contribution in [2.24, 2.45) is 17.8 Å². The van der Waals surface area contributed by atoms with E-state index >= 15 is 0 Å². The summed E-state index contributed by atoms with van der Waals surface area (Å²) in [6.45, 7) is 7.76. The van der Waals surface area contributed by atoms with Crippen LogP contribution in [0.15, 0.2) is 0 Å². The van der Waals surface area contributed by atoms with Crippen molar-refractivity contribution in [2.45, 2.75) is 26.7 Å². The number of hydrogen-bond donors (Lipinski definition) is 0. The zero-order valence-corrected chi connectivity index (χ0v) is 9.74. The zero-order chi connectivity index (χ0) is 10.8. The molecule has 0 aromatic heterocycles. The van der Waals surface area contributed by atoms with Crippen molar-refractivity contribution in [3.05, 3.63) is 0 Å². The largest absolute Gasteiger partial charge is 0.380 e. The van der Waals surface area contributed by atoms with Gasteiger partial charge in [-0.25, -0.2) is 0 Å². The van der Waals surface area contributed by atoms with E-state index in [1.807, 2.05) is 4.90 Å². The number of hydrogen-bond acceptors (Lipinski definition) is 2. The van der Waals surface area contributed by atoms with Crippen LogP contribution in [0.4, 0.5) is 0 Å². The average molecular weight is 211 g/mol. The van der Waals surface area contributed by atoms with Gasteiger partial charge in [-0.3, -0.25) is 4.79 Å². The molecule has 3 heteroatoms. The van der Waals surface area contributed by atoms with E-state index in [9.17, 15) is 4.79 Å². The molecule has 2 fully saturated rings. The summed E-state index contributed by atoms with van der Waals surface area (Å²) in [5, 5.41) is 0. The van der Waals surface area contributed by atoms with Gasteiger partial charge in [0.15, 0.2) is 0 Å². The van der Waals surface area contributed by atoms with Gasteiger partial charge in [-0.05, 0) is 24.7 Å². The fourth-order valence-electron chi connectivity index (χ4n) is 2.42. The molecule has 2 heterocycles. The predicted molar refractivity (Wildman–Crippen MR) is 58.5 cm³/mol. The number of carbonyl (C=O) groups excluding carboxylic acids is 1. The monoisotopic (exact) mass is 211 g/mol. The van der Waals surface area contributed by atoms with Gasteiger partial charge < -0.3 is 9.64 Å². The first kappa shape index (κ1) is 10.9. The van der Waals surface area contributed by atoms with Gasteiger partial charge in [0.05, 0.1) is 19.1 Å². The summed E-state index contributed by atoms with van der Waals surface area (Å²) in [5.41, 5.74) is 0. The van der Waals surface area contributed by atoms with Crippen LogP contribution >= 0.6 is 0 Å². The Labute approximate surface area is 91.8 Å². The Bertz CT molecular complexity index is 228. The minimum absolute atomic E-state index is 0.167. The predicted octanol–water partition coefficient (Wildman–Crippen LogP) is 1.53. The highest BCUT2D eigenvalue weighted by atomic mass is 16.5. The van der Waals surface area contributed by atoms with Crippen molar-refractivity contribution >= 4 is 5.91 Å². The Kier molecular flexibility index (Phi) is 3.29. The van der Waals surface area contributed by atoms with Crippen LogP contribution in [0, 0.1) is 17.8 Å². The molecule has 0 aromatic carbocycles. The van der Waals surface area contributed by atoms with E-state index in [-0.39, 0.29) is 5.92 Å². The van der Waals surface area contributed by atoms with Crippen LogP contribution in [-0.2, 0) is 9.53 Å². The van der Waals surface area contributed by atoms with Gasteiger partial charge >= 0.3 is 0 Å². The molecule has 2 rings (SSSR count).